The first-order valence-electron chi connectivity index (χ1n) is 11.9. The van der Waals surface area contributed by atoms with Crippen molar-refractivity contribution < 1.29 is 18.7 Å². The molecule has 4 saturated carbocycles. The lowest BCUT2D eigenvalue weighted by Gasteiger charge is -2.69. The van der Waals surface area contributed by atoms with Gasteiger partial charge in [0.1, 0.15) is 12.8 Å². The van der Waals surface area contributed by atoms with Crippen LogP contribution >= 0.6 is 11.6 Å². The number of hydrogen-bond acceptors (Lipinski definition) is 5. The number of rotatable bonds is 7. The van der Waals surface area contributed by atoms with Crippen molar-refractivity contribution in [2.45, 2.75) is 93.2 Å². The van der Waals surface area contributed by atoms with Crippen molar-refractivity contribution in [2.75, 3.05) is 26.2 Å². The molecule has 4 aliphatic carbocycles. The first-order chi connectivity index (χ1) is 14.9. The predicted molar refractivity (Wildman–Crippen MR) is 114 cm³/mol. The van der Waals surface area contributed by atoms with Crippen molar-refractivity contribution in [1.29, 1.82) is 0 Å². The van der Waals surface area contributed by atoms with Crippen molar-refractivity contribution in [3.8, 4) is 0 Å². The monoisotopic (exact) mass is 456 g/mol. The van der Waals surface area contributed by atoms with E-state index in [9.17, 15) is 14.0 Å². The minimum absolute atomic E-state index is 0.0592. The van der Waals surface area contributed by atoms with Crippen LogP contribution in [-0.2, 0) is 14.3 Å². The second-order valence-electron chi connectivity index (χ2n) is 10.5. The number of hydrogen-bond donors (Lipinski definition) is 3. The summed E-state index contributed by atoms with van der Waals surface area (Å²) in [7, 11) is 0. The maximum atomic E-state index is 13.7. The van der Waals surface area contributed by atoms with E-state index in [4.69, 9.17) is 16.3 Å². The van der Waals surface area contributed by atoms with Crippen LogP contribution in [0.2, 0.25) is 0 Å². The number of halogens is 2. The average molecular weight is 457 g/mol. The lowest BCUT2D eigenvalue weighted by molar-refractivity contribution is -0.184. The van der Waals surface area contributed by atoms with Gasteiger partial charge in [-0.05, 0) is 57.9 Å². The van der Waals surface area contributed by atoms with Gasteiger partial charge in [-0.15, -0.1) is 11.6 Å². The maximum Gasteiger partial charge on any atom is 0.246 e. The molecule has 174 valence electrons. The second kappa shape index (κ2) is 8.43. The molecule has 6 fully saturated rings. The Morgan fingerprint density at radius 3 is 2.74 bits per heavy atom. The zero-order valence-corrected chi connectivity index (χ0v) is 18.8. The zero-order valence-electron chi connectivity index (χ0n) is 18.0. The van der Waals surface area contributed by atoms with Crippen molar-refractivity contribution >= 4 is 23.4 Å². The van der Waals surface area contributed by atoms with Gasteiger partial charge >= 0.3 is 0 Å². The van der Waals surface area contributed by atoms with Gasteiger partial charge in [0.25, 0.3) is 0 Å². The smallest absolute Gasteiger partial charge is 0.246 e. The molecule has 5 unspecified atom stereocenters. The fourth-order valence-corrected chi connectivity index (χ4v) is 6.64. The van der Waals surface area contributed by atoms with Crippen molar-refractivity contribution in [1.82, 2.24) is 20.9 Å². The Morgan fingerprint density at radius 2 is 2.00 bits per heavy atom. The largest absolute Gasteiger partial charge is 0.368 e. The average Bonchev–Trinajstić information content (AvgIpc) is 3.11. The highest BCUT2D eigenvalue weighted by atomic mass is 35.5. The van der Waals surface area contributed by atoms with Crippen LogP contribution in [0.4, 0.5) is 4.39 Å². The third kappa shape index (κ3) is 4.33. The molecule has 0 radical (unpaired) electrons. The molecule has 2 aliphatic heterocycles. The summed E-state index contributed by atoms with van der Waals surface area (Å²) >= 11 is 5.89. The Labute approximate surface area is 188 Å². The van der Waals surface area contributed by atoms with Gasteiger partial charge in [-0.1, -0.05) is 0 Å². The van der Waals surface area contributed by atoms with E-state index in [1.54, 1.807) is 0 Å². The van der Waals surface area contributed by atoms with Gasteiger partial charge in [0, 0.05) is 31.1 Å². The molecule has 2 heterocycles. The highest BCUT2D eigenvalue weighted by Gasteiger charge is 2.72. The molecule has 0 aromatic heterocycles. The number of carbonyl (C=O) groups is 2. The van der Waals surface area contributed by atoms with E-state index in [1.807, 2.05) is 0 Å². The molecular formula is C22H34ClFN4O3. The molecule has 0 spiro atoms. The molecule has 6 rings (SSSR count). The molecule has 0 aromatic rings. The van der Waals surface area contributed by atoms with Crippen LogP contribution in [0.25, 0.3) is 0 Å². The van der Waals surface area contributed by atoms with Crippen LogP contribution in [0.3, 0.4) is 0 Å². The van der Waals surface area contributed by atoms with Crippen LogP contribution < -0.4 is 16.0 Å². The van der Waals surface area contributed by atoms with E-state index in [1.165, 1.54) is 19.3 Å². The fourth-order valence-electron chi connectivity index (χ4n) is 6.41. The Balaban J connectivity index is 0.994. The quantitative estimate of drug-likeness (QED) is 0.505. The van der Waals surface area contributed by atoms with E-state index in [2.05, 4.69) is 20.9 Å². The third-order valence-corrected chi connectivity index (χ3v) is 8.51. The van der Waals surface area contributed by atoms with Gasteiger partial charge in [-0.25, -0.2) is 4.39 Å². The molecule has 2 amide bonds. The van der Waals surface area contributed by atoms with Gasteiger partial charge in [-0.2, -0.15) is 0 Å². The number of carbonyl (C=O) groups excluding carboxylic acids is 2. The number of amides is 2. The van der Waals surface area contributed by atoms with Gasteiger partial charge in [0.2, 0.25) is 11.8 Å². The van der Waals surface area contributed by atoms with E-state index < -0.39 is 11.5 Å². The van der Waals surface area contributed by atoms with Crippen LogP contribution in [-0.4, -0.2) is 78.4 Å². The zero-order chi connectivity index (χ0) is 21.6. The summed E-state index contributed by atoms with van der Waals surface area (Å²) in [6.45, 7) is 2.77. The van der Waals surface area contributed by atoms with Gasteiger partial charge in [0.05, 0.1) is 23.1 Å². The van der Waals surface area contributed by atoms with Gasteiger partial charge in [-0.3, -0.25) is 19.8 Å². The molecule has 5 atom stereocenters. The summed E-state index contributed by atoms with van der Waals surface area (Å²) in [5, 5.41) is 9.39. The number of fused-ring (bicyclic) bond motifs is 1. The van der Waals surface area contributed by atoms with Crippen molar-refractivity contribution in [2.24, 2.45) is 5.41 Å². The molecular weight excluding hydrogens is 423 g/mol. The number of ether oxygens (including phenoxy) is 1. The first kappa shape index (κ1) is 21.9. The van der Waals surface area contributed by atoms with E-state index in [-0.39, 0.29) is 41.9 Å². The summed E-state index contributed by atoms with van der Waals surface area (Å²) in [6, 6.07) is 0.322. The standard InChI is InChI=1S/C22H34ClFN4O3/c23-16-5-4-15(7-17(16)24)31-10-19(29)27-22-11-21(12-22,13-22)20(30)25-8-14-9-28-6-2-1-3-18(28)26-14/h14-18,26H,1-13H2,(H,25,30)(H,27,29). The summed E-state index contributed by atoms with van der Waals surface area (Å²) in [5.74, 6) is -0.0534. The third-order valence-electron chi connectivity index (χ3n) is 8.02. The molecule has 3 N–H and O–H groups in total. The Kier molecular flexibility index (Phi) is 5.95. The van der Waals surface area contributed by atoms with E-state index in [0.717, 1.165) is 13.1 Å². The summed E-state index contributed by atoms with van der Waals surface area (Å²) in [4.78, 5) is 27.5. The lowest BCUT2D eigenvalue weighted by Crippen LogP contribution is -2.78. The van der Waals surface area contributed by atoms with E-state index >= 15 is 0 Å². The molecule has 6 aliphatic rings. The van der Waals surface area contributed by atoms with Crippen molar-refractivity contribution in [3.05, 3.63) is 0 Å². The number of alkyl halides is 2. The number of nitrogens with one attached hydrogen (secondary N) is 3. The van der Waals surface area contributed by atoms with Crippen LogP contribution in [0.15, 0.2) is 0 Å². The minimum Gasteiger partial charge on any atom is -0.368 e. The Bertz CT molecular complexity index is 691. The Hall–Kier alpha value is -0.960. The highest BCUT2D eigenvalue weighted by molar-refractivity contribution is 6.21. The topological polar surface area (TPSA) is 82.7 Å². The van der Waals surface area contributed by atoms with Crippen LogP contribution in [0.1, 0.15) is 57.8 Å². The number of piperidine rings is 1. The Morgan fingerprint density at radius 1 is 1.19 bits per heavy atom. The molecule has 0 aromatic carbocycles. The fraction of sp³-hybridized carbons (Fsp3) is 0.909. The first-order valence-corrected chi connectivity index (χ1v) is 12.3. The van der Waals surface area contributed by atoms with Crippen LogP contribution in [0, 0.1) is 5.41 Å². The SMILES string of the molecule is O=C(COC1CCC(Cl)C(F)C1)NC12CC(C(=O)NCC3CN4CCCCC4N3)(C1)C2. The molecule has 2 saturated heterocycles. The minimum atomic E-state index is -1.07. The summed E-state index contributed by atoms with van der Waals surface area (Å²) < 4.78 is 19.3. The normalized spacial score (nSPS) is 44.0. The van der Waals surface area contributed by atoms with Crippen LogP contribution in [0.5, 0.6) is 0 Å². The number of nitrogens with zero attached hydrogens (tertiary/aromatic N) is 1. The second-order valence-corrected chi connectivity index (χ2v) is 11.1. The summed E-state index contributed by atoms with van der Waals surface area (Å²) in [5.41, 5.74) is -0.555. The maximum absolute atomic E-state index is 13.7. The molecule has 9 heteroatoms. The van der Waals surface area contributed by atoms with E-state index in [0.29, 0.717) is 50.9 Å². The highest BCUT2D eigenvalue weighted by Crippen LogP contribution is 2.67. The van der Waals surface area contributed by atoms with Crippen molar-refractivity contribution in [3.63, 3.8) is 0 Å². The predicted octanol–water partition coefficient (Wildman–Crippen LogP) is 1.44. The molecule has 7 nitrogen and oxygen atoms in total. The van der Waals surface area contributed by atoms with Gasteiger partial charge < -0.3 is 15.4 Å². The molecule has 31 heavy (non-hydrogen) atoms. The molecule has 2 bridgehead atoms. The van der Waals surface area contributed by atoms with Gasteiger partial charge in [0.15, 0.2) is 0 Å². The summed E-state index contributed by atoms with van der Waals surface area (Å²) in [6.07, 6.45) is 6.53. The lowest BCUT2D eigenvalue weighted by atomic mass is 9.39.